The summed E-state index contributed by atoms with van der Waals surface area (Å²) >= 11 is 0. The van der Waals surface area contributed by atoms with E-state index >= 15 is 0 Å². The van der Waals surface area contributed by atoms with E-state index in [1.807, 2.05) is 0 Å². The number of hydrogen-bond donors (Lipinski definition) is 3. The number of amides is 2. The first-order chi connectivity index (χ1) is 8.50. The van der Waals surface area contributed by atoms with Gasteiger partial charge in [-0.25, -0.2) is 9.59 Å². The number of aromatic carboxylic acids is 1. The summed E-state index contributed by atoms with van der Waals surface area (Å²) in [5, 5.41) is 21.4. The molecule has 1 heterocycles. The summed E-state index contributed by atoms with van der Waals surface area (Å²) in [6.07, 6.45) is 0. The molecule has 0 fully saturated rings. The second-order valence-electron chi connectivity index (χ2n) is 3.66. The van der Waals surface area contributed by atoms with Crippen LogP contribution < -0.4 is 10.6 Å². The van der Waals surface area contributed by atoms with Crippen LogP contribution in [0, 0.1) is 0 Å². The lowest BCUT2D eigenvalue weighted by Crippen LogP contribution is -2.37. The number of carbonyl (C=O) groups excluding carboxylic acids is 1. The van der Waals surface area contributed by atoms with Crippen LogP contribution in [0.15, 0.2) is 12.1 Å². The number of nitrogens with zero attached hydrogens (tertiary/aromatic N) is 3. The molecule has 0 saturated carbocycles. The number of nitrogens with one attached hydrogen (secondary N) is 2. The van der Waals surface area contributed by atoms with Crippen molar-refractivity contribution < 1.29 is 14.7 Å². The van der Waals surface area contributed by atoms with Gasteiger partial charge in [0, 0.05) is 27.2 Å². The fraction of sp³-hybridized carbons (Fsp3) is 0.400. The SMILES string of the molecule is CN(C)C(=O)NCCNc1ccc(C(=O)O)nn1. The molecule has 18 heavy (non-hydrogen) atoms. The molecule has 0 aromatic carbocycles. The zero-order valence-electron chi connectivity index (χ0n) is 10.2. The first kappa shape index (κ1) is 13.7. The van der Waals surface area contributed by atoms with Crippen molar-refractivity contribution in [3.05, 3.63) is 17.8 Å². The predicted octanol–water partition coefficient (Wildman–Crippen LogP) is -0.142. The molecular weight excluding hydrogens is 238 g/mol. The third-order valence-corrected chi connectivity index (χ3v) is 2.00. The van der Waals surface area contributed by atoms with Crippen LogP contribution in [0.2, 0.25) is 0 Å². The van der Waals surface area contributed by atoms with Gasteiger partial charge in [-0.05, 0) is 12.1 Å². The maximum Gasteiger partial charge on any atom is 0.356 e. The van der Waals surface area contributed by atoms with Gasteiger partial charge in [-0.3, -0.25) is 0 Å². The van der Waals surface area contributed by atoms with Crippen LogP contribution >= 0.6 is 0 Å². The largest absolute Gasteiger partial charge is 0.476 e. The fourth-order valence-electron chi connectivity index (χ4n) is 1.06. The molecule has 1 aromatic rings. The van der Waals surface area contributed by atoms with Crippen LogP contribution in [-0.2, 0) is 0 Å². The first-order valence-electron chi connectivity index (χ1n) is 5.26. The lowest BCUT2D eigenvalue weighted by Gasteiger charge is -2.12. The van der Waals surface area contributed by atoms with Crippen molar-refractivity contribution in [2.75, 3.05) is 32.5 Å². The molecule has 0 bridgehead atoms. The van der Waals surface area contributed by atoms with Crippen molar-refractivity contribution >= 4 is 17.8 Å². The molecule has 0 aliphatic heterocycles. The third kappa shape index (κ3) is 4.24. The zero-order valence-corrected chi connectivity index (χ0v) is 10.2. The van der Waals surface area contributed by atoms with Gasteiger partial charge in [0.15, 0.2) is 5.69 Å². The Bertz CT molecular complexity index is 418. The van der Waals surface area contributed by atoms with Crippen molar-refractivity contribution in [2.45, 2.75) is 0 Å². The molecule has 3 N–H and O–H groups in total. The van der Waals surface area contributed by atoms with E-state index < -0.39 is 5.97 Å². The smallest absolute Gasteiger partial charge is 0.356 e. The van der Waals surface area contributed by atoms with E-state index in [4.69, 9.17) is 5.11 Å². The van der Waals surface area contributed by atoms with Gasteiger partial charge in [-0.2, -0.15) is 0 Å². The summed E-state index contributed by atoms with van der Waals surface area (Å²) in [6.45, 7) is 0.903. The number of rotatable bonds is 5. The van der Waals surface area contributed by atoms with Gasteiger partial charge in [-0.1, -0.05) is 0 Å². The molecule has 0 aliphatic rings. The van der Waals surface area contributed by atoms with Gasteiger partial charge in [0.2, 0.25) is 0 Å². The van der Waals surface area contributed by atoms with E-state index in [2.05, 4.69) is 20.8 Å². The van der Waals surface area contributed by atoms with Gasteiger partial charge in [0.1, 0.15) is 5.82 Å². The molecule has 1 aromatic heterocycles. The Labute approximate surface area is 104 Å². The third-order valence-electron chi connectivity index (χ3n) is 2.00. The minimum Gasteiger partial charge on any atom is -0.476 e. The summed E-state index contributed by atoms with van der Waals surface area (Å²) in [6, 6.07) is 2.70. The Morgan fingerprint density at radius 1 is 1.28 bits per heavy atom. The molecule has 0 aliphatic carbocycles. The van der Waals surface area contributed by atoms with Crippen LogP contribution in [0.25, 0.3) is 0 Å². The predicted molar refractivity (Wildman–Crippen MR) is 64.6 cm³/mol. The summed E-state index contributed by atoms with van der Waals surface area (Å²) in [4.78, 5) is 23.1. The highest BCUT2D eigenvalue weighted by Gasteiger charge is 2.05. The van der Waals surface area contributed by atoms with Crippen LogP contribution in [0.5, 0.6) is 0 Å². The van der Waals surface area contributed by atoms with Gasteiger partial charge < -0.3 is 20.6 Å². The molecule has 0 radical (unpaired) electrons. The standard InChI is InChI=1S/C10H15N5O3/c1-15(2)10(18)12-6-5-11-8-4-3-7(9(16)17)13-14-8/h3-4H,5-6H2,1-2H3,(H,11,14)(H,12,18)(H,16,17). The summed E-state index contributed by atoms with van der Waals surface area (Å²) in [7, 11) is 3.30. The molecule has 8 nitrogen and oxygen atoms in total. The van der Waals surface area contributed by atoms with E-state index in [1.165, 1.54) is 17.0 Å². The Kier molecular flexibility index (Phi) is 4.85. The number of urea groups is 1. The fourth-order valence-corrected chi connectivity index (χ4v) is 1.06. The number of hydrogen-bond acceptors (Lipinski definition) is 5. The normalized spacial score (nSPS) is 9.67. The van der Waals surface area contributed by atoms with Crippen molar-refractivity contribution in [2.24, 2.45) is 0 Å². The van der Waals surface area contributed by atoms with Gasteiger partial charge >= 0.3 is 12.0 Å². The molecule has 0 unspecified atom stereocenters. The summed E-state index contributed by atoms with van der Waals surface area (Å²) in [5.74, 6) is -0.661. The van der Waals surface area contributed by atoms with Gasteiger partial charge in [0.05, 0.1) is 0 Å². The minimum absolute atomic E-state index is 0.110. The number of carboxylic acids is 1. The van der Waals surface area contributed by atoms with E-state index in [1.54, 1.807) is 14.1 Å². The molecule has 98 valence electrons. The number of aromatic nitrogens is 2. The van der Waals surface area contributed by atoms with Crippen molar-refractivity contribution in [1.82, 2.24) is 20.4 Å². The lowest BCUT2D eigenvalue weighted by atomic mass is 10.4. The molecular formula is C10H15N5O3. The maximum absolute atomic E-state index is 11.2. The summed E-state index contributed by atoms with van der Waals surface area (Å²) < 4.78 is 0. The minimum atomic E-state index is -1.12. The molecule has 0 spiro atoms. The number of carboxylic acid groups (broad SMARTS) is 1. The Morgan fingerprint density at radius 2 is 2.00 bits per heavy atom. The highest BCUT2D eigenvalue weighted by atomic mass is 16.4. The van der Waals surface area contributed by atoms with E-state index in [0.717, 1.165) is 0 Å². The van der Waals surface area contributed by atoms with Crippen LogP contribution in [0.4, 0.5) is 10.6 Å². The Balaban J connectivity index is 2.31. The van der Waals surface area contributed by atoms with E-state index in [0.29, 0.717) is 18.9 Å². The lowest BCUT2D eigenvalue weighted by molar-refractivity contribution is 0.0689. The van der Waals surface area contributed by atoms with Crippen LogP contribution in [-0.4, -0.2) is 59.4 Å². The first-order valence-corrected chi connectivity index (χ1v) is 5.26. The molecule has 0 saturated heterocycles. The maximum atomic E-state index is 11.2. The monoisotopic (exact) mass is 253 g/mol. The summed E-state index contributed by atoms with van der Waals surface area (Å²) in [5.41, 5.74) is -0.110. The van der Waals surface area contributed by atoms with Crippen molar-refractivity contribution in [3.63, 3.8) is 0 Å². The molecule has 2 amide bonds. The van der Waals surface area contributed by atoms with Gasteiger partial charge in [0.25, 0.3) is 0 Å². The Hall–Kier alpha value is -2.38. The van der Waals surface area contributed by atoms with Gasteiger partial charge in [-0.15, -0.1) is 10.2 Å². The highest BCUT2D eigenvalue weighted by Crippen LogP contribution is 2.00. The zero-order chi connectivity index (χ0) is 13.5. The second kappa shape index (κ2) is 6.38. The van der Waals surface area contributed by atoms with Crippen molar-refractivity contribution in [3.8, 4) is 0 Å². The van der Waals surface area contributed by atoms with Crippen LogP contribution in [0.1, 0.15) is 10.5 Å². The molecule has 0 atom stereocenters. The average Bonchev–Trinajstić information content (AvgIpc) is 2.34. The van der Waals surface area contributed by atoms with E-state index in [-0.39, 0.29) is 11.7 Å². The van der Waals surface area contributed by atoms with Crippen LogP contribution in [0.3, 0.4) is 0 Å². The topological polar surface area (TPSA) is 107 Å². The average molecular weight is 253 g/mol. The highest BCUT2D eigenvalue weighted by molar-refractivity contribution is 5.85. The number of carbonyl (C=O) groups is 2. The quantitative estimate of drug-likeness (QED) is 0.630. The molecule has 8 heteroatoms. The Morgan fingerprint density at radius 3 is 2.50 bits per heavy atom. The number of anilines is 1. The second-order valence-corrected chi connectivity index (χ2v) is 3.66. The van der Waals surface area contributed by atoms with Crippen molar-refractivity contribution in [1.29, 1.82) is 0 Å². The molecule has 1 rings (SSSR count). The van der Waals surface area contributed by atoms with E-state index in [9.17, 15) is 9.59 Å².